The van der Waals surface area contributed by atoms with Gasteiger partial charge in [0.2, 0.25) is 0 Å². The lowest BCUT2D eigenvalue weighted by Gasteiger charge is -2.24. The number of nitrogens with zero attached hydrogens (tertiary/aromatic N) is 16. The molecule has 12 aromatic heterocycles. The van der Waals surface area contributed by atoms with E-state index in [1.165, 1.54) is 74.9 Å². The summed E-state index contributed by atoms with van der Waals surface area (Å²) in [6.07, 6.45) is -1.24. The summed E-state index contributed by atoms with van der Waals surface area (Å²) >= 11 is 19.2. The molecule has 4 unspecified atom stereocenters. The third-order valence-corrected chi connectivity index (χ3v) is 23.6. The molecule has 24 nitrogen and oxygen atoms in total. The predicted molar refractivity (Wildman–Crippen MR) is 491 cm³/mol. The van der Waals surface area contributed by atoms with Gasteiger partial charge in [0, 0.05) is 170 Å². The molecule has 12 heterocycles. The predicted octanol–water partition coefficient (Wildman–Crippen LogP) is 24.4. The first kappa shape index (κ1) is 101. The van der Waals surface area contributed by atoms with E-state index in [0.29, 0.717) is 164 Å². The number of nitrogens with two attached hydrogens (primary N) is 4. The maximum Gasteiger partial charge on any atom is 0.433 e. The average Bonchev–Trinajstić information content (AvgIpc) is 1.73. The van der Waals surface area contributed by atoms with Gasteiger partial charge in [-0.15, -0.1) is 0 Å². The molecule has 137 heavy (non-hydrogen) atoms. The number of nitrogen functional groups attached to an aromatic ring is 4. The van der Waals surface area contributed by atoms with Gasteiger partial charge in [0.05, 0.1) is 37.3 Å². The molecule has 16 rings (SSSR count). The van der Waals surface area contributed by atoms with Gasteiger partial charge in [0.25, 0.3) is 0 Å². The van der Waals surface area contributed by atoms with Crippen molar-refractivity contribution >= 4 is 80.1 Å². The summed E-state index contributed by atoms with van der Waals surface area (Å²) < 4.78 is 233. The lowest BCUT2D eigenvalue weighted by molar-refractivity contribution is -0.141. The van der Waals surface area contributed by atoms with Crippen LogP contribution in [0.15, 0.2) is 147 Å². The van der Waals surface area contributed by atoms with Crippen LogP contribution in [0.3, 0.4) is 0 Å². The standard InChI is InChI=1S/C24H22ClF4N5O.C24H23ClF3N5O.C24H23F4N5O.C23H20ClF4N5O/c1-11(2)35-20-15(12(3)23-33-21(25)19-22(30)31-7-8-34(19)23)9-16(26)13(4)18(20)14-5-6-17(32-10-14)24(27,28)29;2*1-5-34-21-16(12(2)23-32-14(4)20-22(29)30-8-9-33(20)23)10-17(25)13(3)19(21)15-6-7-18(31-11-15)24(26,27)28;1-4-34-19-14(11(2)22-32-20(24)18-21(29)30-7-8-33(18)22)9-15(25)12(3)17(19)13-5-6-16(31-10-13)23(26,27)28/h5-12H,1-4H3,(H2,30,31);2*6-12H,5H2,1-4H3,(H2,29,30);5-11H,4H2,1-3H3,(H2,29,30). The van der Waals surface area contributed by atoms with Gasteiger partial charge in [0.15, 0.2) is 21.9 Å². The molecule has 42 heteroatoms. The summed E-state index contributed by atoms with van der Waals surface area (Å²) in [5, 5.41) is 0.743. The third-order valence-electron chi connectivity index (χ3n) is 22.7. The first-order valence-electron chi connectivity index (χ1n) is 42.3. The first-order valence-corrected chi connectivity index (χ1v) is 43.4. The van der Waals surface area contributed by atoms with E-state index in [0.717, 1.165) is 54.1 Å². The molecule has 16 aromatic rings. The largest absolute Gasteiger partial charge is 0.493 e. The molecule has 4 aromatic carbocycles. The number of halogens is 18. The van der Waals surface area contributed by atoms with E-state index < -0.39 is 82.7 Å². The minimum absolute atomic E-state index is 0.142. The second-order valence-electron chi connectivity index (χ2n) is 31.9. The highest BCUT2D eigenvalue weighted by atomic mass is 35.5. The van der Waals surface area contributed by atoms with Crippen LogP contribution in [0.5, 0.6) is 23.0 Å². The first-order chi connectivity index (χ1) is 64.5. The van der Waals surface area contributed by atoms with E-state index in [-0.39, 0.29) is 63.9 Å². The lowest BCUT2D eigenvalue weighted by atomic mass is 9.90. The molecule has 0 aliphatic carbocycles. The minimum Gasteiger partial charge on any atom is -0.493 e. The van der Waals surface area contributed by atoms with Crippen LogP contribution < -0.4 is 41.9 Å². The van der Waals surface area contributed by atoms with Gasteiger partial charge < -0.3 is 41.9 Å². The van der Waals surface area contributed by atoms with Crippen LogP contribution in [0.2, 0.25) is 15.3 Å². The van der Waals surface area contributed by atoms with Gasteiger partial charge in [-0.3, -0.25) is 37.5 Å². The van der Waals surface area contributed by atoms with Crippen molar-refractivity contribution in [2.45, 2.75) is 158 Å². The smallest absolute Gasteiger partial charge is 0.433 e. The number of rotatable bonds is 20. The van der Waals surface area contributed by atoms with Crippen LogP contribution in [-0.4, -0.2) is 103 Å². The van der Waals surface area contributed by atoms with Crippen LogP contribution in [0.4, 0.5) is 89.1 Å². The second-order valence-corrected chi connectivity index (χ2v) is 33.1. The van der Waals surface area contributed by atoms with Crippen LogP contribution in [0.25, 0.3) is 66.6 Å². The number of aryl methyl sites for hydroxylation is 2. The molecule has 8 N–H and O–H groups in total. The Morgan fingerprint density at radius 1 is 0.336 bits per heavy atom. The van der Waals surface area contributed by atoms with Gasteiger partial charge in [-0.2, -0.15) is 52.7 Å². The number of anilines is 4. The highest BCUT2D eigenvalue weighted by Crippen LogP contribution is 2.51. The van der Waals surface area contributed by atoms with E-state index in [4.69, 9.17) is 81.7 Å². The van der Waals surface area contributed by atoms with E-state index in [1.54, 1.807) is 106 Å². The Hall–Kier alpha value is -13.8. The zero-order valence-electron chi connectivity index (χ0n) is 75.8. The molecule has 718 valence electrons. The number of benzene rings is 4. The molecule has 0 bridgehead atoms. The van der Waals surface area contributed by atoms with Crippen LogP contribution in [0.1, 0.15) is 188 Å². The van der Waals surface area contributed by atoms with Crippen molar-refractivity contribution in [2.24, 2.45) is 0 Å². The molecule has 0 aliphatic heterocycles. The summed E-state index contributed by atoms with van der Waals surface area (Å²) in [5.74, 6) is 1.43. The summed E-state index contributed by atoms with van der Waals surface area (Å²) in [4.78, 5) is 48.8. The van der Waals surface area contributed by atoms with E-state index >= 15 is 13.2 Å². The van der Waals surface area contributed by atoms with Crippen molar-refractivity contribution in [1.29, 1.82) is 0 Å². The monoisotopic (exact) mass is 1960 g/mol. The van der Waals surface area contributed by atoms with Gasteiger partial charge >= 0.3 is 24.7 Å². The summed E-state index contributed by atoms with van der Waals surface area (Å²) in [6, 6.07) is 14.6. The highest BCUT2D eigenvalue weighted by Gasteiger charge is 2.39. The Balaban J connectivity index is 0.000000154. The van der Waals surface area contributed by atoms with E-state index in [2.05, 4.69) is 54.8 Å². The topological polar surface area (TPSA) is 313 Å². The van der Waals surface area contributed by atoms with Gasteiger partial charge in [-0.1, -0.05) is 86.8 Å². The molecule has 0 radical (unpaired) electrons. The SMILES string of the molecule is CCOc1c(C(C)c2nc(C)c3c(N)nccn23)cc(Cl)c(C)c1-c1ccc(C(F)(F)F)nc1.CCOc1c(C(C)c2nc(C)c3c(N)nccn23)cc(F)c(C)c1-c1ccc(C(F)(F)F)nc1.CCOc1c(C(C)c2nc(Cl)c3c(N)nccn23)cc(F)c(C)c1-c1ccc(C(F)(F)F)nc1.Cc1c(F)cc(C(C)c2nc(Cl)c3c(N)nccn23)c(OC(C)C)c1-c1ccc(C(F)(F)F)nc1. The van der Waals surface area contributed by atoms with Crippen molar-refractivity contribution < 1.29 is 84.8 Å². The zero-order chi connectivity index (χ0) is 100. The number of alkyl halides is 12. The molecule has 0 saturated heterocycles. The second kappa shape index (κ2) is 39.9. The number of ether oxygens (including phenoxy) is 4. The van der Waals surface area contributed by atoms with Crippen LogP contribution in [0, 0.1) is 59.0 Å². The van der Waals surface area contributed by atoms with Crippen molar-refractivity contribution in [3.8, 4) is 67.5 Å². The van der Waals surface area contributed by atoms with Crippen molar-refractivity contribution in [2.75, 3.05) is 42.8 Å². The van der Waals surface area contributed by atoms with Gasteiger partial charge in [0.1, 0.15) is 120 Å². The number of hydrogen-bond acceptors (Lipinski definition) is 20. The Bertz CT molecular complexity index is 6690. The Labute approximate surface area is 788 Å². The average molecular weight is 1970 g/mol. The fourth-order valence-electron chi connectivity index (χ4n) is 16.2. The van der Waals surface area contributed by atoms with Crippen molar-refractivity contribution in [3.63, 3.8) is 0 Å². The number of hydrogen-bond donors (Lipinski definition) is 4. The molecule has 0 spiro atoms. The quantitative estimate of drug-likeness (QED) is 0.0515. The van der Waals surface area contributed by atoms with Gasteiger partial charge in [-0.25, -0.2) is 53.0 Å². The fraction of sp³-hybridized carbons (Fsp3) is 0.284. The summed E-state index contributed by atoms with van der Waals surface area (Å²) in [5.41, 5.74) is 30.0. The lowest BCUT2D eigenvalue weighted by Crippen LogP contribution is -2.13. The Morgan fingerprint density at radius 3 is 0.847 bits per heavy atom. The fourth-order valence-corrected chi connectivity index (χ4v) is 16.9. The number of aromatic nitrogens is 16. The minimum atomic E-state index is -4.59. The number of imidazole rings is 4. The van der Waals surface area contributed by atoms with E-state index in [9.17, 15) is 52.7 Å². The summed E-state index contributed by atoms with van der Waals surface area (Å²) in [6.45, 7) is 27.3. The molecule has 4 atom stereocenters. The van der Waals surface area contributed by atoms with Gasteiger partial charge in [-0.05, 0) is 147 Å². The number of fused-ring (bicyclic) bond motifs is 4. The molecular formula is C95H88Cl3F15N20O4. The van der Waals surface area contributed by atoms with Crippen LogP contribution >= 0.6 is 34.8 Å². The third kappa shape index (κ3) is 20.3. The Kier molecular flexibility index (Phi) is 29.3. The number of pyridine rings is 4. The maximum absolute atomic E-state index is 15.2. The molecule has 0 aliphatic rings. The molecular weight excluding hydrogens is 1880 g/mol. The Morgan fingerprint density at radius 2 is 0.584 bits per heavy atom. The summed E-state index contributed by atoms with van der Waals surface area (Å²) in [7, 11) is 0. The van der Waals surface area contributed by atoms with Crippen LogP contribution in [-0.2, 0) is 24.7 Å². The normalized spacial score (nSPS) is 12.9. The van der Waals surface area contributed by atoms with Crippen molar-refractivity contribution in [3.05, 3.63) is 282 Å². The van der Waals surface area contributed by atoms with E-state index in [1.807, 2.05) is 45.1 Å². The molecule has 0 fully saturated rings. The zero-order valence-corrected chi connectivity index (χ0v) is 78.0. The highest BCUT2D eigenvalue weighted by molar-refractivity contribution is 6.34. The maximum atomic E-state index is 15.2. The molecule has 0 amide bonds. The molecule has 0 saturated carbocycles. The van der Waals surface area contributed by atoms with Crippen molar-refractivity contribution in [1.82, 2.24) is 77.4 Å².